The number of carbonyl (C=O) groups excluding carboxylic acids is 1. The third-order valence-corrected chi connectivity index (χ3v) is 3.97. The Balaban J connectivity index is 1.64. The molecule has 5 heteroatoms. The van der Waals surface area contributed by atoms with Crippen LogP contribution in [0.5, 0.6) is 0 Å². The van der Waals surface area contributed by atoms with E-state index in [1.807, 2.05) is 24.3 Å². The molecule has 22 heavy (non-hydrogen) atoms. The minimum Gasteiger partial charge on any atom is -0.308 e. The van der Waals surface area contributed by atoms with Gasteiger partial charge in [0.2, 0.25) is 11.9 Å². The van der Waals surface area contributed by atoms with Gasteiger partial charge in [-0.1, -0.05) is 24.3 Å². The number of hydrogen-bond donors (Lipinski definition) is 0. The molecular formula is C17H14FN3O. The Bertz CT molecular complexity index is 871. The third kappa shape index (κ3) is 2.06. The number of amides is 1. The molecule has 1 aromatic heterocycles. The number of fused-ring (bicyclic) bond motifs is 3. The van der Waals surface area contributed by atoms with Crippen molar-refractivity contribution in [2.24, 2.45) is 0 Å². The maximum Gasteiger partial charge on any atom is 0.233 e. The molecule has 2 heterocycles. The molecule has 0 saturated heterocycles. The van der Waals surface area contributed by atoms with Crippen LogP contribution in [-0.4, -0.2) is 22.0 Å². The number of anilines is 1. The highest BCUT2D eigenvalue weighted by atomic mass is 19.1. The molecule has 2 aromatic carbocycles. The van der Waals surface area contributed by atoms with Crippen molar-refractivity contribution in [1.29, 1.82) is 0 Å². The second-order valence-electron chi connectivity index (χ2n) is 5.40. The number of aromatic nitrogens is 2. The van der Waals surface area contributed by atoms with E-state index in [1.165, 1.54) is 12.1 Å². The molecule has 0 saturated carbocycles. The summed E-state index contributed by atoms with van der Waals surface area (Å²) in [7, 11) is 0. The quantitative estimate of drug-likeness (QED) is 0.729. The summed E-state index contributed by atoms with van der Waals surface area (Å²) in [5.74, 6) is 0.307. The van der Waals surface area contributed by atoms with Gasteiger partial charge in [0.1, 0.15) is 5.82 Å². The number of benzene rings is 2. The Morgan fingerprint density at radius 2 is 2.00 bits per heavy atom. The lowest BCUT2D eigenvalue weighted by molar-refractivity contribution is -0.117. The highest BCUT2D eigenvalue weighted by molar-refractivity contribution is 5.96. The fourth-order valence-corrected chi connectivity index (χ4v) is 2.94. The normalized spacial score (nSPS) is 13.6. The summed E-state index contributed by atoms with van der Waals surface area (Å²) in [5.41, 5.74) is 2.61. The summed E-state index contributed by atoms with van der Waals surface area (Å²) in [6, 6.07) is 14.0. The number of imidazole rings is 1. The first kappa shape index (κ1) is 13.0. The van der Waals surface area contributed by atoms with Crippen molar-refractivity contribution in [1.82, 2.24) is 9.55 Å². The molecule has 0 fully saturated rings. The average Bonchev–Trinajstić information content (AvgIpc) is 3.05. The van der Waals surface area contributed by atoms with Gasteiger partial charge < -0.3 is 4.57 Å². The van der Waals surface area contributed by atoms with Gasteiger partial charge in [-0.3, -0.25) is 9.69 Å². The lowest BCUT2D eigenvalue weighted by atomic mass is 10.1. The summed E-state index contributed by atoms with van der Waals surface area (Å²) < 4.78 is 15.3. The number of rotatable bonds is 2. The van der Waals surface area contributed by atoms with E-state index in [9.17, 15) is 9.18 Å². The lowest BCUT2D eigenvalue weighted by Gasteiger charge is -2.13. The molecule has 0 radical (unpaired) electrons. The van der Waals surface area contributed by atoms with Crippen LogP contribution in [0.1, 0.15) is 5.56 Å². The van der Waals surface area contributed by atoms with Gasteiger partial charge in [-0.05, 0) is 29.8 Å². The first-order valence-electron chi connectivity index (χ1n) is 7.22. The zero-order valence-electron chi connectivity index (χ0n) is 11.9. The van der Waals surface area contributed by atoms with Crippen LogP contribution in [0, 0.1) is 5.82 Å². The summed E-state index contributed by atoms with van der Waals surface area (Å²) >= 11 is 0. The molecule has 1 aliphatic rings. The minimum absolute atomic E-state index is 0.0559. The van der Waals surface area contributed by atoms with E-state index in [1.54, 1.807) is 17.0 Å². The molecule has 0 bridgehead atoms. The predicted molar refractivity (Wildman–Crippen MR) is 82.2 cm³/mol. The van der Waals surface area contributed by atoms with Gasteiger partial charge in [0, 0.05) is 13.1 Å². The van der Waals surface area contributed by atoms with Gasteiger partial charge in [-0.25, -0.2) is 9.37 Å². The Kier molecular flexibility index (Phi) is 2.92. The van der Waals surface area contributed by atoms with Crippen LogP contribution in [-0.2, 0) is 17.8 Å². The monoisotopic (exact) mass is 295 g/mol. The van der Waals surface area contributed by atoms with Crippen LogP contribution in [0.2, 0.25) is 0 Å². The third-order valence-electron chi connectivity index (χ3n) is 3.97. The second kappa shape index (κ2) is 4.94. The van der Waals surface area contributed by atoms with Crippen molar-refractivity contribution in [2.75, 3.05) is 11.4 Å². The van der Waals surface area contributed by atoms with E-state index in [-0.39, 0.29) is 18.1 Å². The fourth-order valence-electron chi connectivity index (χ4n) is 2.94. The topological polar surface area (TPSA) is 38.1 Å². The largest absolute Gasteiger partial charge is 0.308 e. The number of para-hydroxylation sites is 2. The first-order chi connectivity index (χ1) is 10.7. The Labute approximate surface area is 126 Å². The van der Waals surface area contributed by atoms with Crippen LogP contribution < -0.4 is 4.90 Å². The first-order valence-corrected chi connectivity index (χ1v) is 7.22. The van der Waals surface area contributed by atoms with Crippen LogP contribution in [0.4, 0.5) is 10.3 Å². The number of halogens is 1. The molecule has 1 amide bonds. The van der Waals surface area contributed by atoms with Crippen molar-refractivity contribution in [2.45, 2.75) is 13.0 Å². The molecule has 4 rings (SSSR count). The molecule has 110 valence electrons. The molecule has 0 spiro atoms. The Morgan fingerprint density at radius 3 is 2.86 bits per heavy atom. The van der Waals surface area contributed by atoms with Crippen LogP contribution in [0.15, 0.2) is 48.5 Å². The Hall–Kier alpha value is -2.69. The SMILES string of the molecule is O=C(Cc1cccc(F)c1)N1CCn2c1nc1ccccc12. The maximum absolute atomic E-state index is 13.2. The predicted octanol–water partition coefficient (Wildman–Crippen LogP) is 2.76. The molecule has 0 atom stereocenters. The highest BCUT2D eigenvalue weighted by Gasteiger charge is 2.28. The summed E-state index contributed by atoms with van der Waals surface area (Å²) in [6.07, 6.45) is 0.182. The molecular weight excluding hydrogens is 281 g/mol. The standard InChI is InChI=1S/C17H14FN3O/c18-13-5-3-4-12(10-13)11-16(22)21-9-8-20-15-7-2-1-6-14(15)19-17(20)21/h1-7,10H,8-9,11H2. The van der Waals surface area contributed by atoms with E-state index in [0.29, 0.717) is 18.1 Å². The summed E-state index contributed by atoms with van der Waals surface area (Å²) in [6.45, 7) is 1.35. The van der Waals surface area contributed by atoms with Gasteiger partial charge in [-0.15, -0.1) is 0 Å². The molecule has 0 N–H and O–H groups in total. The molecule has 4 nitrogen and oxygen atoms in total. The van der Waals surface area contributed by atoms with E-state index in [4.69, 9.17) is 0 Å². The van der Waals surface area contributed by atoms with Gasteiger partial charge in [0.15, 0.2) is 0 Å². The van der Waals surface area contributed by atoms with E-state index < -0.39 is 0 Å². The summed E-state index contributed by atoms with van der Waals surface area (Å²) in [5, 5.41) is 0. The van der Waals surface area contributed by atoms with Gasteiger partial charge in [0.05, 0.1) is 17.5 Å². The van der Waals surface area contributed by atoms with Gasteiger partial charge in [0.25, 0.3) is 0 Å². The van der Waals surface area contributed by atoms with E-state index in [0.717, 1.165) is 17.6 Å². The van der Waals surface area contributed by atoms with Crippen LogP contribution in [0.25, 0.3) is 11.0 Å². The minimum atomic E-state index is -0.320. The maximum atomic E-state index is 13.2. The zero-order valence-corrected chi connectivity index (χ0v) is 11.9. The number of hydrogen-bond acceptors (Lipinski definition) is 2. The summed E-state index contributed by atoms with van der Waals surface area (Å²) in [4.78, 5) is 18.8. The van der Waals surface area contributed by atoms with Crippen molar-refractivity contribution >= 4 is 22.9 Å². The average molecular weight is 295 g/mol. The van der Waals surface area contributed by atoms with Crippen molar-refractivity contribution < 1.29 is 9.18 Å². The van der Waals surface area contributed by atoms with Gasteiger partial charge >= 0.3 is 0 Å². The van der Waals surface area contributed by atoms with Crippen molar-refractivity contribution in [3.8, 4) is 0 Å². The lowest BCUT2D eigenvalue weighted by Crippen LogP contribution is -2.30. The van der Waals surface area contributed by atoms with Crippen molar-refractivity contribution in [3.63, 3.8) is 0 Å². The molecule has 1 aliphatic heterocycles. The van der Waals surface area contributed by atoms with Crippen LogP contribution in [0.3, 0.4) is 0 Å². The molecule has 3 aromatic rings. The molecule has 0 unspecified atom stereocenters. The van der Waals surface area contributed by atoms with Crippen LogP contribution >= 0.6 is 0 Å². The zero-order chi connectivity index (χ0) is 15.1. The fraction of sp³-hybridized carbons (Fsp3) is 0.176. The number of nitrogens with zero attached hydrogens (tertiary/aromatic N) is 3. The van der Waals surface area contributed by atoms with Crippen molar-refractivity contribution in [3.05, 3.63) is 59.9 Å². The van der Waals surface area contributed by atoms with Gasteiger partial charge in [-0.2, -0.15) is 0 Å². The number of carbonyl (C=O) groups is 1. The van der Waals surface area contributed by atoms with E-state index in [2.05, 4.69) is 9.55 Å². The van der Waals surface area contributed by atoms with E-state index >= 15 is 0 Å². The second-order valence-corrected chi connectivity index (χ2v) is 5.40. The Morgan fingerprint density at radius 1 is 1.14 bits per heavy atom. The highest BCUT2D eigenvalue weighted by Crippen LogP contribution is 2.27. The smallest absolute Gasteiger partial charge is 0.233 e. The molecule has 0 aliphatic carbocycles.